The van der Waals surface area contributed by atoms with Crippen molar-refractivity contribution in [1.82, 2.24) is 4.57 Å². The molecule has 0 saturated heterocycles. The third-order valence-corrected chi connectivity index (χ3v) is 6.04. The SMILES string of the molecule is COC(=O)c1cccc(-n2c(O)c(N=Nc3cccc(-c4cccc(C(=O)O)c4)c3O)c3ccccc32)c1. The molecule has 0 spiro atoms. The topological polar surface area (TPSA) is 134 Å². The number of methoxy groups -OCH3 is 1. The summed E-state index contributed by atoms with van der Waals surface area (Å²) in [5.41, 5.74) is 2.74. The van der Waals surface area contributed by atoms with Gasteiger partial charge in [-0.3, -0.25) is 4.57 Å². The number of esters is 1. The van der Waals surface area contributed by atoms with E-state index in [9.17, 15) is 24.9 Å². The molecular weight excluding hydrogens is 486 g/mol. The molecule has 0 aliphatic rings. The lowest BCUT2D eigenvalue weighted by atomic mass is 10.0. The number of carbonyl (C=O) groups excluding carboxylic acids is 1. The van der Waals surface area contributed by atoms with Crippen molar-refractivity contribution >= 4 is 34.2 Å². The van der Waals surface area contributed by atoms with Crippen LogP contribution in [0.5, 0.6) is 11.6 Å². The first kappa shape index (κ1) is 24.3. The number of hydrogen-bond donors (Lipinski definition) is 3. The summed E-state index contributed by atoms with van der Waals surface area (Å²) in [6.07, 6.45) is 0. The minimum atomic E-state index is -1.08. The number of para-hydroxylation sites is 2. The number of nitrogens with zero attached hydrogens (tertiary/aromatic N) is 3. The first-order chi connectivity index (χ1) is 18.4. The van der Waals surface area contributed by atoms with Gasteiger partial charge in [0, 0.05) is 16.6 Å². The summed E-state index contributed by atoms with van der Waals surface area (Å²) in [6.45, 7) is 0. The van der Waals surface area contributed by atoms with Crippen LogP contribution in [0.25, 0.3) is 27.7 Å². The average Bonchev–Trinajstić information content (AvgIpc) is 3.23. The largest absolute Gasteiger partial charge is 0.505 e. The molecule has 0 unspecified atom stereocenters. The summed E-state index contributed by atoms with van der Waals surface area (Å²) in [5.74, 6) is -1.98. The summed E-state index contributed by atoms with van der Waals surface area (Å²) in [5, 5.41) is 40.5. The van der Waals surface area contributed by atoms with Crippen LogP contribution in [0, 0.1) is 0 Å². The summed E-state index contributed by atoms with van der Waals surface area (Å²) >= 11 is 0. The van der Waals surface area contributed by atoms with Gasteiger partial charge in [-0.25, -0.2) is 9.59 Å². The third kappa shape index (κ3) is 4.33. The van der Waals surface area contributed by atoms with Gasteiger partial charge in [-0.05, 0) is 48.0 Å². The van der Waals surface area contributed by atoms with Gasteiger partial charge in [-0.15, -0.1) is 10.2 Å². The fourth-order valence-electron chi connectivity index (χ4n) is 4.23. The standard InChI is InChI=1S/C29H21N3O6/c1-38-29(37)19-9-5-10-20(16-19)32-24-14-3-2-11-22(24)25(27(32)34)31-30-23-13-6-12-21(26(23)33)17-7-4-8-18(15-17)28(35)36/h2-16,33-34H,1H3,(H,35,36). The normalized spacial score (nSPS) is 11.2. The van der Waals surface area contributed by atoms with E-state index in [0.29, 0.717) is 33.3 Å². The number of aromatic nitrogens is 1. The summed E-state index contributed by atoms with van der Waals surface area (Å²) < 4.78 is 6.36. The molecule has 38 heavy (non-hydrogen) atoms. The van der Waals surface area contributed by atoms with E-state index < -0.39 is 11.9 Å². The Morgan fingerprint density at radius 1 is 0.816 bits per heavy atom. The molecule has 0 radical (unpaired) electrons. The highest BCUT2D eigenvalue weighted by atomic mass is 16.5. The number of rotatable bonds is 6. The van der Waals surface area contributed by atoms with E-state index in [4.69, 9.17) is 4.74 Å². The number of phenolic OH excluding ortho intramolecular Hbond substituents is 1. The number of azo groups is 1. The molecular formula is C29H21N3O6. The van der Waals surface area contributed by atoms with E-state index in [1.807, 2.05) is 6.07 Å². The van der Waals surface area contributed by atoms with E-state index in [2.05, 4.69) is 10.2 Å². The van der Waals surface area contributed by atoms with Crippen LogP contribution in [-0.4, -0.2) is 38.9 Å². The molecule has 0 aliphatic carbocycles. The van der Waals surface area contributed by atoms with Crippen LogP contribution in [-0.2, 0) is 4.74 Å². The number of carboxylic acids is 1. The Morgan fingerprint density at radius 2 is 1.55 bits per heavy atom. The molecule has 3 N–H and O–H groups in total. The van der Waals surface area contributed by atoms with Crippen molar-refractivity contribution in [2.75, 3.05) is 7.11 Å². The predicted molar refractivity (Wildman–Crippen MR) is 141 cm³/mol. The van der Waals surface area contributed by atoms with Gasteiger partial charge in [0.05, 0.1) is 23.8 Å². The Morgan fingerprint density at radius 3 is 2.34 bits per heavy atom. The van der Waals surface area contributed by atoms with Gasteiger partial charge in [0.25, 0.3) is 0 Å². The molecule has 0 fully saturated rings. The van der Waals surface area contributed by atoms with Gasteiger partial charge in [-0.2, -0.15) is 0 Å². The average molecular weight is 508 g/mol. The van der Waals surface area contributed by atoms with Crippen LogP contribution in [0.3, 0.4) is 0 Å². The van der Waals surface area contributed by atoms with Crippen molar-refractivity contribution in [2.24, 2.45) is 10.2 Å². The third-order valence-electron chi connectivity index (χ3n) is 6.04. The second kappa shape index (κ2) is 9.90. The number of fused-ring (bicyclic) bond motifs is 1. The number of benzene rings is 4. The molecule has 0 saturated carbocycles. The maximum Gasteiger partial charge on any atom is 0.337 e. The molecule has 4 aromatic carbocycles. The second-order valence-corrected chi connectivity index (χ2v) is 8.33. The van der Waals surface area contributed by atoms with Crippen molar-refractivity contribution in [1.29, 1.82) is 0 Å². The second-order valence-electron chi connectivity index (χ2n) is 8.33. The van der Waals surface area contributed by atoms with Crippen LogP contribution >= 0.6 is 0 Å². The van der Waals surface area contributed by atoms with Gasteiger partial charge in [0.15, 0.2) is 11.4 Å². The van der Waals surface area contributed by atoms with Gasteiger partial charge in [0.1, 0.15) is 5.69 Å². The van der Waals surface area contributed by atoms with Crippen molar-refractivity contribution in [3.8, 4) is 28.4 Å². The van der Waals surface area contributed by atoms with Crippen LogP contribution in [0.1, 0.15) is 20.7 Å². The summed E-state index contributed by atoms with van der Waals surface area (Å²) in [7, 11) is 1.29. The van der Waals surface area contributed by atoms with E-state index in [1.54, 1.807) is 77.4 Å². The number of carboxylic acid groups (broad SMARTS) is 1. The molecule has 1 heterocycles. The molecule has 0 bridgehead atoms. The number of carbonyl (C=O) groups is 2. The van der Waals surface area contributed by atoms with Gasteiger partial charge in [-0.1, -0.05) is 48.5 Å². The molecule has 9 nitrogen and oxygen atoms in total. The Kier molecular flexibility index (Phi) is 6.32. The van der Waals surface area contributed by atoms with Crippen LogP contribution in [0.2, 0.25) is 0 Å². The monoisotopic (exact) mass is 507 g/mol. The first-order valence-corrected chi connectivity index (χ1v) is 11.5. The lowest BCUT2D eigenvalue weighted by Crippen LogP contribution is -2.02. The van der Waals surface area contributed by atoms with Gasteiger partial charge in [0.2, 0.25) is 5.88 Å². The lowest BCUT2D eigenvalue weighted by Gasteiger charge is -2.08. The van der Waals surface area contributed by atoms with Crippen LogP contribution in [0.15, 0.2) is 101 Å². The van der Waals surface area contributed by atoms with E-state index in [0.717, 1.165) is 0 Å². The van der Waals surface area contributed by atoms with E-state index in [-0.39, 0.29) is 28.6 Å². The fraction of sp³-hybridized carbons (Fsp3) is 0.0345. The quantitative estimate of drug-likeness (QED) is 0.175. The van der Waals surface area contributed by atoms with Crippen molar-refractivity contribution < 1.29 is 29.6 Å². The Bertz CT molecular complexity index is 1740. The zero-order valence-corrected chi connectivity index (χ0v) is 20.1. The smallest absolute Gasteiger partial charge is 0.337 e. The molecule has 1 aromatic heterocycles. The maximum atomic E-state index is 12.0. The van der Waals surface area contributed by atoms with E-state index >= 15 is 0 Å². The summed E-state index contributed by atoms with van der Waals surface area (Å²) in [4.78, 5) is 23.4. The molecule has 0 atom stereocenters. The Hall–Kier alpha value is -5.44. The predicted octanol–water partition coefficient (Wildman–Crippen LogP) is 6.61. The fourth-order valence-corrected chi connectivity index (χ4v) is 4.23. The molecule has 0 amide bonds. The van der Waals surface area contributed by atoms with Gasteiger partial charge < -0.3 is 20.1 Å². The highest BCUT2D eigenvalue weighted by Gasteiger charge is 2.19. The minimum absolute atomic E-state index is 0.0860. The molecule has 5 rings (SSSR count). The Balaban J connectivity index is 1.59. The molecule has 188 valence electrons. The van der Waals surface area contributed by atoms with E-state index in [1.165, 1.54) is 19.2 Å². The molecule has 9 heteroatoms. The molecule has 5 aromatic rings. The lowest BCUT2D eigenvalue weighted by molar-refractivity contribution is 0.0599. The van der Waals surface area contributed by atoms with Crippen molar-refractivity contribution in [3.63, 3.8) is 0 Å². The Labute approximate surface area is 216 Å². The first-order valence-electron chi connectivity index (χ1n) is 11.5. The van der Waals surface area contributed by atoms with Crippen LogP contribution < -0.4 is 0 Å². The van der Waals surface area contributed by atoms with Crippen molar-refractivity contribution in [3.05, 3.63) is 102 Å². The van der Waals surface area contributed by atoms with Crippen LogP contribution in [0.4, 0.5) is 11.4 Å². The summed E-state index contributed by atoms with van der Waals surface area (Å²) in [6, 6.07) is 24.9. The minimum Gasteiger partial charge on any atom is -0.505 e. The number of aromatic carboxylic acids is 1. The number of aromatic hydroxyl groups is 2. The van der Waals surface area contributed by atoms with Crippen molar-refractivity contribution in [2.45, 2.75) is 0 Å². The number of ether oxygens (including phenoxy) is 1. The van der Waals surface area contributed by atoms with Gasteiger partial charge >= 0.3 is 11.9 Å². The zero-order valence-electron chi connectivity index (χ0n) is 20.1. The highest BCUT2D eigenvalue weighted by Crippen LogP contribution is 2.43. The highest BCUT2D eigenvalue weighted by molar-refractivity contribution is 5.97. The number of hydrogen-bond acceptors (Lipinski definition) is 7. The molecule has 0 aliphatic heterocycles. The maximum absolute atomic E-state index is 12.0. The zero-order chi connectivity index (χ0) is 26.8. The number of phenols is 1.